The summed E-state index contributed by atoms with van der Waals surface area (Å²) in [6.07, 6.45) is 4.69. The first-order valence-corrected chi connectivity index (χ1v) is 11.8. The first-order chi connectivity index (χ1) is 16.1. The van der Waals surface area contributed by atoms with Gasteiger partial charge in [-0.2, -0.15) is 5.10 Å². The van der Waals surface area contributed by atoms with Gasteiger partial charge in [0.15, 0.2) is 0 Å². The van der Waals surface area contributed by atoms with E-state index in [0.29, 0.717) is 36.9 Å². The second-order valence-corrected chi connectivity index (χ2v) is 9.29. The van der Waals surface area contributed by atoms with Crippen molar-refractivity contribution in [3.63, 3.8) is 0 Å². The molecule has 0 saturated carbocycles. The van der Waals surface area contributed by atoms with E-state index in [1.807, 2.05) is 52.0 Å². The average Bonchev–Trinajstić information content (AvgIpc) is 3.45. The molecule has 1 saturated heterocycles. The van der Waals surface area contributed by atoms with Crippen LogP contribution >= 0.6 is 0 Å². The van der Waals surface area contributed by atoms with Crippen LogP contribution in [0.5, 0.6) is 0 Å². The molecule has 1 N–H and O–H groups in total. The number of fused-ring (bicyclic) bond motifs is 3. The zero-order valence-electron chi connectivity index (χ0n) is 19.0. The molecule has 2 aromatic carbocycles. The lowest BCUT2D eigenvalue weighted by molar-refractivity contribution is -0.129. The first-order valence-electron chi connectivity index (χ1n) is 11.8. The molecule has 3 aromatic rings. The zero-order chi connectivity index (χ0) is 22.8. The van der Waals surface area contributed by atoms with Gasteiger partial charge in [0.05, 0.1) is 18.7 Å². The third-order valence-corrected chi connectivity index (χ3v) is 6.94. The summed E-state index contributed by atoms with van der Waals surface area (Å²) < 4.78 is 1.95. The Morgan fingerprint density at radius 2 is 1.85 bits per heavy atom. The summed E-state index contributed by atoms with van der Waals surface area (Å²) in [5.74, 6) is 0.945. The predicted molar refractivity (Wildman–Crippen MR) is 127 cm³/mol. The molecule has 2 atom stereocenters. The molecule has 2 heterocycles. The number of likely N-dealkylation sites (tertiary alicyclic amines) is 1. The number of aromatic nitrogens is 2. The zero-order valence-corrected chi connectivity index (χ0v) is 19.0. The molecule has 1 fully saturated rings. The monoisotopic (exact) mass is 442 g/mol. The number of nitrogens with one attached hydrogen (secondary N) is 1. The average molecular weight is 443 g/mol. The van der Waals surface area contributed by atoms with Gasteiger partial charge in [0.2, 0.25) is 5.91 Å². The lowest BCUT2D eigenvalue weighted by Crippen LogP contribution is -2.30. The number of carbonyl (C=O) groups excluding carboxylic acids is 2. The summed E-state index contributed by atoms with van der Waals surface area (Å²) in [6.45, 7) is 4.81. The topological polar surface area (TPSA) is 67.2 Å². The quantitative estimate of drug-likeness (QED) is 0.637. The van der Waals surface area contributed by atoms with E-state index in [9.17, 15) is 9.59 Å². The normalized spacial score (nSPS) is 19.1. The van der Waals surface area contributed by atoms with Crippen molar-refractivity contribution in [2.75, 3.05) is 19.6 Å². The lowest BCUT2D eigenvalue weighted by Gasteiger charge is -2.22. The number of benzene rings is 2. The summed E-state index contributed by atoms with van der Waals surface area (Å²) in [5, 5.41) is 7.85. The molecule has 2 aliphatic rings. The molecule has 0 bridgehead atoms. The second-order valence-electron chi connectivity index (χ2n) is 9.29. The molecule has 0 unspecified atom stereocenters. The largest absolute Gasteiger partial charge is 0.350 e. The Hall–Kier alpha value is -3.41. The third-order valence-electron chi connectivity index (χ3n) is 6.94. The summed E-state index contributed by atoms with van der Waals surface area (Å²) in [7, 11) is 0. The fourth-order valence-corrected chi connectivity index (χ4v) is 5.08. The Labute approximate surface area is 194 Å². The van der Waals surface area contributed by atoms with Crippen molar-refractivity contribution in [1.82, 2.24) is 20.0 Å². The van der Waals surface area contributed by atoms with Gasteiger partial charge in [0.1, 0.15) is 0 Å². The smallest absolute Gasteiger partial charge is 0.251 e. The minimum absolute atomic E-state index is 0.0638. The van der Waals surface area contributed by atoms with Gasteiger partial charge in [-0.25, -0.2) is 0 Å². The van der Waals surface area contributed by atoms with E-state index in [1.165, 1.54) is 11.1 Å². The number of hydrogen-bond donors (Lipinski definition) is 1. The molecule has 0 spiro atoms. The second kappa shape index (κ2) is 9.22. The van der Waals surface area contributed by atoms with Crippen LogP contribution in [0.3, 0.4) is 0 Å². The Bertz CT molecular complexity index is 1140. The van der Waals surface area contributed by atoms with E-state index in [0.717, 1.165) is 37.2 Å². The van der Waals surface area contributed by atoms with E-state index in [1.54, 1.807) is 0 Å². The number of hydrogen-bond acceptors (Lipinski definition) is 3. The molecule has 6 nitrogen and oxygen atoms in total. The highest BCUT2D eigenvalue weighted by atomic mass is 16.2. The molecule has 0 radical (unpaired) electrons. The van der Waals surface area contributed by atoms with Crippen LogP contribution < -0.4 is 5.32 Å². The minimum atomic E-state index is -0.0638. The lowest BCUT2D eigenvalue weighted by atomic mass is 9.81. The Morgan fingerprint density at radius 3 is 2.64 bits per heavy atom. The highest BCUT2D eigenvalue weighted by Gasteiger charge is 2.40. The minimum Gasteiger partial charge on any atom is -0.350 e. The molecule has 1 aromatic heterocycles. The standard InChI is InChI=1S/C27H30N4O2/c1-19-7-9-20(10-8-19)15-25(32)30-16-22-11-12-23-17-31(29-26(23)24(22)18-30)14-13-28-27(33)21-5-3-2-4-6-21/h2-10,17,22,24H,11-16,18H2,1H3,(H,28,33)/t22-,24+/m1/s1. The first kappa shape index (κ1) is 21.4. The summed E-state index contributed by atoms with van der Waals surface area (Å²) in [5.41, 5.74) is 5.38. The summed E-state index contributed by atoms with van der Waals surface area (Å²) in [4.78, 5) is 27.2. The number of aryl methyl sites for hydroxylation is 2. The maximum Gasteiger partial charge on any atom is 0.251 e. The van der Waals surface area contributed by atoms with Crippen LogP contribution in [-0.2, 0) is 24.2 Å². The Kier molecular flexibility index (Phi) is 5.99. The van der Waals surface area contributed by atoms with Gasteiger partial charge in [-0.3, -0.25) is 14.3 Å². The van der Waals surface area contributed by atoms with Crippen molar-refractivity contribution < 1.29 is 9.59 Å². The van der Waals surface area contributed by atoms with E-state index < -0.39 is 0 Å². The molecule has 2 amide bonds. The fraction of sp³-hybridized carbons (Fsp3) is 0.370. The van der Waals surface area contributed by atoms with Gasteiger partial charge < -0.3 is 10.2 Å². The van der Waals surface area contributed by atoms with Crippen LogP contribution in [0, 0.1) is 12.8 Å². The third kappa shape index (κ3) is 4.70. The van der Waals surface area contributed by atoms with Crippen molar-refractivity contribution in [1.29, 1.82) is 0 Å². The SMILES string of the molecule is Cc1ccc(CC(=O)N2C[C@H]3CCc4cn(CCNC(=O)c5ccccc5)nc4[C@H]3C2)cc1. The van der Waals surface area contributed by atoms with Crippen molar-refractivity contribution in [3.8, 4) is 0 Å². The molecular formula is C27H30N4O2. The molecule has 5 rings (SSSR count). The van der Waals surface area contributed by atoms with Crippen LogP contribution in [0.1, 0.15) is 45.1 Å². The number of rotatable bonds is 6. The maximum absolute atomic E-state index is 12.9. The van der Waals surface area contributed by atoms with E-state index in [4.69, 9.17) is 5.10 Å². The van der Waals surface area contributed by atoms with Gasteiger partial charge in [-0.15, -0.1) is 0 Å². The van der Waals surface area contributed by atoms with Crippen LogP contribution in [0.2, 0.25) is 0 Å². The molecular weight excluding hydrogens is 412 g/mol. The molecule has 170 valence electrons. The van der Waals surface area contributed by atoms with Gasteiger partial charge in [-0.05, 0) is 48.9 Å². The van der Waals surface area contributed by atoms with Gasteiger partial charge in [-0.1, -0.05) is 48.0 Å². The predicted octanol–water partition coefficient (Wildman–Crippen LogP) is 3.35. The maximum atomic E-state index is 12.9. The van der Waals surface area contributed by atoms with E-state index >= 15 is 0 Å². The molecule has 33 heavy (non-hydrogen) atoms. The summed E-state index contributed by atoms with van der Waals surface area (Å²) in [6, 6.07) is 17.5. The van der Waals surface area contributed by atoms with Crippen molar-refractivity contribution in [2.24, 2.45) is 5.92 Å². The van der Waals surface area contributed by atoms with Crippen molar-refractivity contribution in [2.45, 2.75) is 38.6 Å². The molecule has 1 aliphatic heterocycles. The van der Waals surface area contributed by atoms with Crippen LogP contribution in [-0.4, -0.2) is 46.1 Å². The number of nitrogens with zero attached hydrogens (tertiary/aromatic N) is 3. The van der Waals surface area contributed by atoms with Gasteiger partial charge in [0.25, 0.3) is 5.91 Å². The summed E-state index contributed by atoms with van der Waals surface area (Å²) >= 11 is 0. The van der Waals surface area contributed by atoms with Crippen LogP contribution in [0.15, 0.2) is 60.8 Å². The van der Waals surface area contributed by atoms with Gasteiger partial charge >= 0.3 is 0 Å². The van der Waals surface area contributed by atoms with Gasteiger partial charge in [0, 0.05) is 37.3 Å². The highest BCUT2D eigenvalue weighted by molar-refractivity contribution is 5.94. The van der Waals surface area contributed by atoms with Crippen LogP contribution in [0.4, 0.5) is 0 Å². The van der Waals surface area contributed by atoms with Crippen molar-refractivity contribution >= 4 is 11.8 Å². The number of carbonyl (C=O) groups is 2. The molecule has 6 heteroatoms. The Balaban J connectivity index is 1.18. The highest BCUT2D eigenvalue weighted by Crippen LogP contribution is 2.40. The molecule has 1 aliphatic carbocycles. The fourth-order valence-electron chi connectivity index (χ4n) is 5.08. The van der Waals surface area contributed by atoms with Crippen molar-refractivity contribution in [3.05, 3.63) is 88.7 Å². The Morgan fingerprint density at radius 1 is 1.06 bits per heavy atom. The van der Waals surface area contributed by atoms with Crippen LogP contribution in [0.25, 0.3) is 0 Å². The van der Waals surface area contributed by atoms with E-state index in [2.05, 4.69) is 30.6 Å². The van der Waals surface area contributed by atoms with E-state index in [-0.39, 0.29) is 11.8 Å². The number of amides is 2.